The number of amides is 1. The Hall–Kier alpha value is -2.49. The van der Waals surface area contributed by atoms with Crippen molar-refractivity contribution in [2.45, 2.75) is 50.7 Å². The predicted molar refractivity (Wildman–Crippen MR) is 87.7 cm³/mol. The second kappa shape index (κ2) is 6.95. The SMILES string of the molecule is N#CC1CCCCC1n1cc(C(N)=O)c(N=C2C=CC(F)CC2)n1. The zero-order chi connectivity index (χ0) is 17.1. The summed E-state index contributed by atoms with van der Waals surface area (Å²) in [6.45, 7) is 0. The number of aromatic nitrogens is 2. The molecule has 1 aromatic rings. The third-order valence-corrected chi connectivity index (χ3v) is 4.64. The third kappa shape index (κ3) is 3.37. The lowest BCUT2D eigenvalue weighted by molar-refractivity contribution is 0.100. The van der Waals surface area contributed by atoms with Crippen molar-refractivity contribution >= 4 is 17.4 Å². The van der Waals surface area contributed by atoms with E-state index in [0.29, 0.717) is 18.6 Å². The van der Waals surface area contributed by atoms with E-state index >= 15 is 0 Å². The molecular weight excluding hydrogens is 309 g/mol. The maximum atomic E-state index is 13.2. The van der Waals surface area contributed by atoms with Gasteiger partial charge in [0.05, 0.1) is 18.0 Å². The molecule has 2 aliphatic carbocycles. The first-order valence-corrected chi connectivity index (χ1v) is 8.27. The van der Waals surface area contributed by atoms with Gasteiger partial charge >= 0.3 is 0 Å². The van der Waals surface area contributed by atoms with Gasteiger partial charge in [0.1, 0.15) is 11.7 Å². The first-order valence-electron chi connectivity index (χ1n) is 8.27. The van der Waals surface area contributed by atoms with Gasteiger partial charge in [0.15, 0.2) is 5.82 Å². The molecule has 1 amide bonds. The molecular formula is C17H20FN5O. The van der Waals surface area contributed by atoms with Crippen molar-refractivity contribution < 1.29 is 9.18 Å². The minimum Gasteiger partial charge on any atom is -0.365 e. The van der Waals surface area contributed by atoms with Crippen molar-refractivity contribution in [1.29, 1.82) is 5.26 Å². The first kappa shape index (κ1) is 16.4. The van der Waals surface area contributed by atoms with Gasteiger partial charge in [-0.3, -0.25) is 9.48 Å². The van der Waals surface area contributed by atoms with E-state index in [4.69, 9.17) is 5.73 Å². The second-order valence-corrected chi connectivity index (χ2v) is 6.31. The molecule has 3 rings (SSSR count). The van der Waals surface area contributed by atoms with E-state index in [-0.39, 0.29) is 23.3 Å². The van der Waals surface area contributed by atoms with E-state index in [1.165, 1.54) is 6.08 Å². The number of hydrogen-bond acceptors (Lipinski definition) is 4. The summed E-state index contributed by atoms with van der Waals surface area (Å²) in [6.07, 6.45) is 8.32. The van der Waals surface area contributed by atoms with Gasteiger partial charge < -0.3 is 5.73 Å². The summed E-state index contributed by atoms with van der Waals surface area (Å²) >= 11 is 0. The van der Waals surface area contributed by atoms with E-state index in [0.717, 1.165) is 25.7 Å². The number of carbonyl (C=O) groups excluding carboxylic acids is 1. The fourth-order valence-electron chi connectivity index (χ4n) is 3.30. The fourth-order valence-corrected chi connectivity index (χ4v) is 3.30. The molecule has 1 heterocycles. The topological polar surface area (TPSA) is 97.1 Å². The smallest absolute Gasteiger partial charge is 0.254 e. The molecule has 24 heavy (non-hydrogen) atoms. The highest BCUT2D eigenvalue weighted by Crippen LogP contribution is 2.34. The molecule has 2 aliphatic rings. The van der Waals surface area contributed by atoms with Crippen LogP contribution in [0.3, 0.4) is 0 Å². The van der Waals surface area contributed by atoms with Crippen LogP contribution >= 0.6 is 0 Å². The molecule has 0 saturated heterocycles. The Bertz CT molecular complexity index is 730. The second-order valence-electron chi connectivity index (χ2n) is 6.31. The number of nitrogens with zero attached hydrogens (tertiary/aromatic N) is 4. The molecule has 1 fully saturated rings. The van der Waals surface area contributed by atoms with Crippen LogP contribution in [0.5, 0.6) is 0 Å². The number of hydrogen-bond donors (Lipinski definition) is 1. The predicted octanol–water partition coefficient (Wildman–Crippen LogP) is 3.00. The first-order chi connectivity index (χ1) is 11.6. The van der Waals surface area contributed by atoms with Gasteiger partial charge in [0, 0.05) is 11.9 Å². The number of nitrogens with two attached hydrogens (primary N) is 1. The van der Waals surface area contributed by atoms with Crippen LogP contribution in [0.2, 0.25) is 0 Å². The Morgan fingerprint density at radius 1 is 1.42 bits per heavy atom. The minimum absolute atomic E-state index is 0.0621. The van der Waals surface area contributed by atoms with Crippen molar-refractivity contribution in [1.82, 2.24) is 9.78 Å². The molecule has 1 saturated carbocycles. The molecule has 3 unspecified atom stereocenters. The van der Waals surface area contributed by atoms with E-state index in [1.54, 1.807) is 17.0 Å². The normalized spacial score (nSPS) is 28.7. The average molecular weight is 329 g/mol. The maximum Gasteiger partial charge on any atom is 0.254 e. The van der Waals surface area contributed by atoms with Crippen molar-refractivity contribution in [3.8, 4) is 6.07 Å². The number of primary amides is 1. The van der Waals surface area contributed by atoms with Gasteiger partial charge in [-0.2, -0.15) is 10.4 Å². The van der Waals surface area contributed by atoms with Crippen LogP contribution in [-0.2, 0) is 0 Å². The maximum absolute atomic E-state index is 13.2. The van der Waals surface area contributed by atoms with Crippen LogP contribution in [0.4, 0.5) is 10.2 Å². The number of carbonyl (C=O) groups is 1. The van der Waals surface area contributed by atoms with Crippen molar-refractivity contribution in [3.63, 3.8) is 0 Å². The molecule has 3 atom stereocenters. The summed E-state index contributed by atoms with van der Waals surface area (Å²) in [4.78, 5) is 16.1. The Morgan fingerprint density at radius 2 is 2.21 bits per heavy atom. The lowest BCUT2D eigenvalue weighted by Crippen LogP contribution is -2.22. The van der Waals surface area contributed by atoms with Gasteiger partial charge in [-0.25, -0.2) is 9.38 Å². The standard InChI is InChI=1S/C17H20FN5O/c18-12-5-7-13(8-6-12)21-17-14(16(20)24)10-23(22-17)15-4-2-1-3-11(15)9-19/h5,7,10-12,15H,1-4,6,8H2,(H2,20,24). The largest absolute Gasteiger partial charge is 0.365 e. The molecule has 2 N–H and O–H groups in total. The molecule has 0 spiro atoms. The van der Waals surface area contributed by atoms with E-state index in [2.05, 4.69) is 16.2 Å². The van der Waals surface area contributed by atoms with E-state index in [1.807, 2.05) is 0 Å². The number of alkyl halides is 1. The molecule has 0 radical (unpaired) electrons. The van der Waals surface area contributed by atoms with E-state index in [9.17, 15) is 14.4 Å². The Kier molecular flexibility index (Phi) is 4.74. The van der Waals surface area contributed by atoms with Crippen LogP contribution in [0.1, 0.15) is 54.9 Å². The zero-order valence-electron chi connectivity index (χ0n) is 13.4. The summed E-state index contributed by atoms with van der Waals surface area (Å²) in [6, 6.07) is 2.27. The van der Waals surface area contributed by atoms with Gasteiger partial charge in [0.2, 0.25) is 0 Å². The summed E-state index contributed by atoms with van der Waals surface area (Å²) in [5, 5.41) is 13.8. The molecule has 126 valence electrons. The van der Waals surface area contributed by atoms with Gasteiger partial charge in [-0.1, -0.05) is 12.8 Å². The van der Waals surface area contributed by atoms with Crippen LogP contribution < -0.4 is 5.73 Å². The van der Waals surface area contributed by atoms with Crippen molar-refractivity contribution in [2.24, 2.45) is 16.6 Å². The Balaban J connectivity index is 1.94. The van der Waals surface area contributed by atoms with Crippen LogP contribution in [0.15, 0.2) is 23.3 Å². The van der Waals surface area contributed by atoms with Gasteiger partial charge in [-0.15, -0.1) is 0 Å². The zero-order valence-corrected chi connectivity index (χ0v) is 13.4. The van der Waals surface area contributed by atoms with Crippen LogP contribution in [0.25, 0.3) is 0 Å². The molecule has 0 aliphatic heterocycles. The monoisotopic (exact) mass is 329 g/mol. The highest BCUT2D eigenvalue weighted by Gasteiger charge is 2.29. The van der Waals surface area contributed by atoms with Crippen LogP contribution in [0, 0.1) is 17.2 Å². The van der Waals surface area contributed by atoms with Crippen LogP contribution in [-0.4, -0.2) is 27.6 Å². The molecule has 6 nitrogen and oxygen atoms in total. The minimum atomic E-state index is -0.948. The number of halogens is 1. The lowest BCUT2D eigenvalue weighted by atomic mass is 9.85. The molecule has 0 aromatic carbocycles. The Labute approximate surface area is 139 Å². The van der Waals surface area contributed by atoms with Crippen molar-refractivity contribution in [3.05, 3.63) is 23.9 Å². The highest BCUT2D eigenvalue weighted by atomic mass is 19.1. The Morgan fingerprint density at radius 3 is 2.88 bits per heavy atom. The summed E-state index contributed by atoms with van der Waals surface area (Å²) in [5.74, 6) is -0.475. The quantitative estimate of drug-likeness (QED) is 0.923. The highest BCUT2D eigenvalue weighted by molar-refractivity contribution is 6.01. The lowest BCUT2D eigenvalue weighted by Gasteiger charge is -2.26. The number of allylic oxidation sites excluding steroid dienone is 2. The summed E-state index contributed by atoms with van der Waals surface area (Å²) in [5.41, 5.74) is 6.36. The average Bonchev–Trinajstić information content (AvgIpc) is 3.01. The summed E-state index contributed by atoms with van der Waals surface area (Å²) in [7, 11) is 0. The van der Waals surface area contributed by atoms with Crippen molar-refractivity contribution in [2.75, 3.05) is 0 Å². The molecule has 0 bridgehead atoms. The van der Waals surface area contributed by atoms with E-state index < -0.39 is 12.1 Å². The number of rotatable bonds is 3. The summed E-state index contributed by atoms with van der Waals surface area (Å²) < 4.78 is 14.8. The van der Waals surface area contributed by atoms with Gasteiger partial charge in [0.25, 0.3) is 5.91 Å². The fraction of sp³-hybridized carbons (Fsp3) is 0.529. The molecule has 1 aromatic heterocycles. The number of nitriles is 1. The number of aliphatic imine (C=N–C) groups is 1. The molecule has 7 heteroatoms. The third-order valence-electron chi connectivity index (χ3n) is 4.64. The van der Waals surface area contributed by atoms with Gasteiger partial charge in [-0.05, 0) is 37.8 Å².